The first kappa shape index (κ1) is 22.9. The van der Waals surface area contributed by atoms with Crippen LogP contribution in [0.1, 0.15) is 16.7 Å². The van der Waals surface area contributed by atoms with E-state index in [2.05, 4.69) is 5.32 Å². The highest BCUT2D eigenvalue weighted by molar-refractivity contribution is 6.46. The second kappa shape index (κ2) is 9.31. The smallest absolute Gasteiger partial charge is 0.282 e. The Morgan fingerprint density at radius 1 is 0.706 bits per heavy atom. The number of amides is 2. The summed E-state index contributed by atoms with van der Waals surface area (Å²) < 4.78 is 15.9. The maximum atomic E-state index is 13.6. The van der Waals surface area contributed by atoms with Crippen LogP contribution in [0.15, 0.2) is 66.4 Å². The molecule has 1 aliphatic rings. The highest BCUT2D eigenvalue weighted by Gasteiger charge is 2.40. The average molecular weight is 459 g/mol. The molecule has 0 radical (unpaired) electrons. The minimum Gasteiger partial charge on any atom is -0.497 e. The molecule has 0 unspecified atom stereocenters. The van der Waals surface area contributed by atoms with Gasteiger partial charge in [0.15, 0.2) is 11.5 Å². The fourth-order valence-corrected chi connectivity index (χ4v) is 4.04. The van der Waals surface area contributed by atoms with Gasteiger partial charge in [-0.2, -0.15) is 0 Å². The molecule has 4 rings (SSSR count). The molecule has 0 saturated heterocycles. The van der Waals surface area contributed by atoms with Crippen molar-refractivity contribution in [1.82, 2.24) is 0 Å². The molecule has 1 aliphatic heterocycles. The summed E-state index contributed by atoms with van der Waals surface area (Å²) in [7, 11) is 4.66. The zero-order valence-corrected chi connectivity index (χ0v) is 19.8. The molecule has 1 heterocycles. The minimum atomic E-state index is -0.435. The molecular formula is C27H26N2O5. The molecule has 7 heteroatoms. The number of anilines is 2. The van der Waals surface area contributed by atoms with Gasteiger partial charge in [-0.3, -0.25) is 9.59 Å². The van der Waals surface area contributed by atoms with Crippen LogP contribution in [-0.4, -0.2) is 33.1 Å². The first-order valence-corrected chi connectivity index (χ1v) is 10.7. The quantitative estimate of drug-likeness (QED) is 0.516. The van der Waals surface area contributed by atoms with Crippen LogP contribution in [0, 0.1) is 13.8 Å². The van der Waals surface area contributed by atoms with Crippen molar-refractivity contribution in [2.45, 2.75) is 13.8 Å². The van der Waals surface area contributed by atoms with Crippen molar-refractivity contribution < 1.29 is 23.8 Å². The van der Waals surface area contributed by atoms with Crippen LogP contribution in [0.25, 0.3) is 5.57 Å². The van der Waals surface area contributed by atoms with Gasteiger partial charge in [-0.15, -0.1) is 0 Å². The van der Waals surface area contributed by atoms with Crippen molar-refractivity contribution >= 4 is 28.8 Å². The topological polar surface area (TPSA) is 77.1 Å². The summed E-state index contributed by atoms with van der Waals surface area (Å²) in [5, 5.41) is 3.15. The number of hydrogen-bond donors (Lipinski definition) is 1. The van der Waals surface area contributed by atoms with E-state index in [1.54, 1.807) is 56.7 Å². The van der Waals surface area contributed by atoms with E-state index in [0.717, 1.165) is 11.1 Å². The third-order valence-corrected chi connectivity index (χ3v) is 5.58. The third kappa shape index (κ3) is 4.20. The summed E-state index contributed by atoms with van der Waals surface area (Å²) >= 11 is 0. The molecule has 0 aromatic heterocycles. The van der Waals surface area contributed by atoms with Gasteiger partial charge in [-0.25, -0.2) is 4.90 Å². The second-order valence-corrected chi connectivity index (χ2v) is 7.96. The molecule has 0 spiro atoms. The number of rotatable bonds is 7. The summed E-state index contributed by atoms with van der Waals surface area (Å²) in [5.74, 6) is 0.880. The van der Waals surface area contributed by atoms with E-state index in [1.165, 1.54) is 12.0 Å². The second-order valence-electron chi connectivity index (χ2n) is 7.96. The Bertz CT molecular complexity index is 1270. The van der Waals surface area contributed by atoms with Crippen molar-refractivity contribution in [3.8, 4) is 17.2 Å². The van der Waals surface area contributed by atoms with Crippen molar-refractivity contribution in [2.75, 3.05) is 31.5 Å². The van der Waals surface area contributed by atoms with E-state index in [-0.39, 0.29) is 11.3 Å². The zero-order chi connectivity index (χ0) is 24.4. The van der Waals surface area contributed by atoms with Crippen LogP contribution in [0.2, 0.25) is 0 Å². The Balaban J connectivity index is 1.82. The van der Waals surface area contributed by atoms with Gasteiger partial charge in [0.2, 0.25) is 0 Å². The fraction of sp³-hybridized carbons (Fsp3) is 0.185. The lowest BCUT2D eigenvalue weighted by molar-refractivity contribution is -0.120. The Morgan fingerprint density at radius 2 is 1.35 bits per heavy atom. The number of ether oxygens (including phenoxy) is 3. The summed E-state index contributed by atoms with van der Waals surface area (Å²) in [6.07, 6.45) is 0. The van der Waals surface area contributed by atoms with Gasteiger partial charge in [0.05, 0.1) is 32.6 Å². The highest BCUT2D eigenvalue weighted by atomic mass is 16.5. The molecular weight excluding hydrogens is 432 g/mol. The molecule has 1 N–H and O–H groups in total. The number of methoxy groups -OCH3 is 3. The predicted octanol–water partition coefficient (Wildman–Crippen LogP) is 4.73. The normalized spacial score (nSPS) is 13.4. The maximum absolute atomic E-state index is 13.6. The van der Waals surface area contributed by atoms with E-state index >= 15 is 0 Å². The van der Waals surface area contributed by atoms with Gasteiger partial charge in [-0.05, 0) is 66.9 Å². The largest absolute Gasteiger partial charge is 0.497 e. The number of benzene rings is 3. The van der Waals surface area contributed by atoms with E-state index in [9.17, 15) is 9.59 Å². The van der Waals surface area contributed by atoms with Crippen LogP contribution in [0.4, 0.5) is 11.4 Å². The maximum Gasteiger partial charge on any atom is 0.282 e. The highest BCUT2D eigenvalue weighted by Crippen LogP contribution is 2.36. The van der Waals surface area contributed by atoms with Gasteiger partial charge in [-0.1, -0.05) is 18.2 Å². The first-order valence-electron chi connectivity index (χ1n) is 10.7. The average Bonchev–Trinajstić information content (AvgIpc) is 3.07. The third-order valence-electron chi connectivity index (χ3n) is 5.58. The predicted molar refractivity (Wildman–Crippen MR) is 131 cm³/mol. The van der Waals surface area contributed by atoms with E-state index < -0.39 is 11.8 Å². The Morgan fingerprint density at radius 3 is 1.94 bits per heavy atom. The molecule has 2 amide bonds. The van der Waals surface area contributed by atoms with E-state index in [4.69, 9.17) is 14.2 Å². The van der Waals surface area contributed by atoms with Gasteiger partial charge in [0.1, 0.15) is 11.4 Å². The molecule has 0 fully saturated rings. The van der Waals surface area contributed by atoms with Crippen LogP contribution in [-0.2, 0) is 9.59 Å². The molecule has 3 aromatic carbocycles. The van der Waals surface area contributed by atoms with Gasteiger partial charge < -0.3 is 19.5 Å². The Hall–Kier alpha value is -4.26. The molecule has 7 nitrogen and oxygen atoms in total. The summed E-state index contributed by atoms with van der Waals surface area (Å²) in [5.41, 5.74) is 4.10. The van der Waals surface area contributed by atoms with Gasteiger partial charge in [0.25, 0.3) is 11.8 Å². The number of aryl methyl sites for hydroxylation is 2. The van der Waals surface area contributed by atoms with Crippen molar-refractivity contribution in [2.24, 2.45) is 0 Å². The molecule has 0 aliphatic carbocycles. The van der Waals surface area contributed by atoms with Crippen LogP contribution < -0.4 is 24.4 Å². The number of hydrogen-bond acceptors (Lipinski definition) is 6. The van der Waals surface area contributed by atoms with Crippen LogP contribution >= 0.6 is 0 Å². The summed E-state index contributed by atoms with van der Waals surface area (Å²) in [6.45, 7) is 3.87. The molecule has 0 saturated carbocycles. The minimum absolute atomic E-state index is 0.182. The van der Waals surface area contributed by atoms with Gasteiger partial charge in [0, 0.05) is 11.8 Å². The fourth-order valence-electron chi connectivity index (χ4n) is 4.04. The van der Waals surface area contributed by atoms with Crippen LogP contribution in [0.5, 0.6) is 17.2 Å². The number of nitrogens with one attached hydrogen (secondary N) is 1. The van der Waals surface area contributed by atoms with E-state index in [0.29, 0.717) is 34.2 Å². The molecule has 34 heavy (non-hydrogen) atoms. The standard InChI is InChI=1S/C27H26N2O5/c1-16-12-17(2)14-20(13-16)29-26(30)24(18-6-9-21(32-3)10-7-18)25(27(29)31)28-19-8-11-22(33-4)23(15-19)34-5/h6-15,28H,1-5H3. The number of carbonyl (C=O) groups excluding carboxylic acids is 2. The summed E-state index contributed by atoms with van der Waals surface area (Å²) in [6, 6.07) is 17.9. The Kier molecular flexibility index (Phi) is 6.27. The molecule has 3 aromatic rings. The lowest BCUT2D eigenvalue weighted by atomic mass is 10.0. The zero-order valence-electron chi connectivity index (χ0n) is 19.8. The lowest BCUT2D eigenvalue weighted by Crippen LogP contribution is -2.32. The SMILES string of the molecule is COc1ccc(C2=C(Nc3ccc(OC)c(OC)c3)C(=O)N(c3cc(C)cc(C)c3)C2=O)cc1. The molecule has 0 atom stereocenters. The van der Waals surface area contributed by atoms with Crippen molar-refractivity contribution in [1.29, 1.82) is 0 Å². The number of nitrogens with zero attached hydrogens (tertiary/aromatic N) is 1. The number of imide groups is 1. The van der Waals surface area contributed by atoms with Crippen molar-refractivity contribution in [3.05, 3.63) is 83.1 Å². The lowest BCUT2D eigenvalue weighted by Gasteiger charge is -2.17. The van der Waals surface area contributed by atoms with Gasteiger partial charge >= 0.3 is 0 Å². The van der Waals surface area contributed by atoms with Crippen LogP contribution in [0.3, 0.4) is 0 Å². The van der Waals surface area contributed by atoms with E-state index in [1.807, 2.05) is 32.0 Å². The Labute approximate surface area is 198 Å². The first-order chi connectivity index (χ1) is 16.4. The summed E-state index contributed by atoms with van der Waals surface area (Å²) in [4.78, 5) is 28.5. The molecule has 174 valence electrons. The van der Waals surface area contributed by atoms with Crippen molar-refractivity contribution in [3.63, 3.8) is 0 Å². The molecule has 0 bridgehead atoms. The number of carbonyl (C=O) groups is 2. The monoisotopic (exact) mass is 458 g/mol.